The molecule has 0 saturated carbocycles. The van der Waals surface area contributed by atoms with Crippen LogP contribution in [0.1, 0.15) is 40.2 Å². The number of hydrogen-bond acceptors (Lipinski definition) is 4. The Morgan fingerprint density at radius 2 is 2.00 bits per heavy atom. The Morgan fingerprint density at radius 3 is 2.58 bits per heavy atom. The minimum atomic E-state index is -0.848. The Morgan fingerprint density at radius 1 is 1.38 bits per heavy atom. The highest BCUT2D eigenvalue weighted by Gasteiger charge is 2.47. The fourth-order valence-electron chi connectivity index (χ4n) is 2.65. The van der Waals surface area contributed by atoms with Crippen LogP contribution in [0.3, 0.4) is 0 Å². The molecule has 0 radical (unpaired) electrons. The molecule has 1 aliphatic rings. The number of ether oxygens (including phenoxy) is 2. The van der Waals surface area contributed by atoms with E-state index in [-0.39, 0.29) is 6.61 Å². The first-order valence-electron chi connectivity index (χ1n) is 8.18. The van der Waals surface area contributed by atoms with Crippen molar-refractivity contribution in [3.05, 3.63) is 42.0 Å². The van der Waals surface area contributed by atoms with Crippen LogP contribution in [-0.4, -0.2) is 46.2 Å². The average molecular weight is 333 g/mol. The van der Waals surface area contributed by atoms with Crippen molar-refractivity contribution in [2.24, 2.45) is 0 Å². The van der Waals surface area contributed by atoms with E-state index in [0.29, 0.717) is 0 Å². The van der Waals surface area contributed by atoms with Gasteiger partial charge in [-0.3, -0.25) is 4.90 Å². The lowest BCUT2D eigenvalue weighted by atomic mass is 10.1. The van der Waals surface area contributed by atoms with Crippen molar-refractivity contribution in [1.82, 2.24) is 4.90 Å². The largest absolute Gasteiger partial charge is 0.444 e. The second kappa shape index (κ2) is 6.95. The Kier molecular flexibility index (Phi) is 5.35. The topological polar surface area (TPSA) is 59.0 Å². The standard InChI is InChI=1S/C19H27NO4/c1-18(2,3)24-17(22)20-15(13-23-19(20,4)5)16(21)12-11-14-9-7-6-8-10-14/h6-12,15-16,21H,13H2,1-5H3/b12-11+/t15-,16+/m0/s1. The molecule has 1 heterocycles. The van der Waals surface area contributed by atoms with Crippen LogP contribution in [0, 0.1) is 0 Å². The average Bonchev–Trinajstić information content (AvgIpc) is 2.79. The van der Waals surface area contributed by atoms with Gasteiger partial charge >= 0.3 is 6.09 Å². The van der Waals surface area contributed by atoms with Crippen molar-refractivity contribution in [1.29, 1.82) is 0 Å². The molecular formula is C19H27NO4. The number of benzene rings is 1. The SMILES string of the molecule is CC(C)(C)OC(=O)N1[C@H]([C@H](O)/C=C/c2ccccc2)COC1(C)C. The quantitative estimate of drug-likeness (QED) is 0.920. The van der Waals surface area contributed by atoms with Gasteiger partial charge in [-0.1, -0.05) is 42.5 Å². The number of carbonyl (C=O) groups excluding carboxylic acids is 1. The van der Waals surface area contributed by atoms with Crippen LogP contribution in [0.15, 0.2) is 36.4 Å². The number of carbonyl (C=O) groups is 1. The van der Waals surface area contributed by atoms with E-state index in [1.54, 1.807) is 19.9 Å². The molecule has 132 valence electrons. The number of aliphatic hydroxyl groups is 1. The van der Waals surface area contributed by atoms with Gasteiger partial charge < -0.3 is 14.6 Å². The molecule has 1 N–H and O–H groups in total. The van der Waals surface area contributed by atoms with Gasteiger partial charge in [0.25, 0.3) is 0 Å². The first kappa shape index (κ1) is 18.5. The van der Waals surface area contributed by atoms with E-state index >= 15 is 0 Å². The van der Waals surface area contributed by atoms with Crippen molar-refractivity contribution in [2.45, 2.75) is 58.1 Å². The van der Waals surface area contributed by atoms with Crippen molar-refractivity contribution >= 4 is 12.2 Å². The van der Waals surface area contributed by atoms with Crippen LogP contribution >= 0.6 is 0 Å². The van der Waals surface area contributed by atoms with Crippen molar-refractivity contribution in [2.75, 3.05) is 6.61 Å². The number of rotatable bonds is 3. The number of amides is 1. The van der Waals surface area contributed by atoms with E-state index in [4.69, 9.17) is 9.47 Å². The molecule has 0 spiro atoms. The molecular weight excluding hydrogens is 306 g/mol. The van der Waals surface area contributed by atoms with Crippen molar-refractivity contribution in [3.63, 3.8) is 0 Å². The minimum Gasteiger partial charge on any atom is -0.444 e. The van der Waals surface area contributed by atoms with Gasteiger partial charge in [-0.15, -0.1) is 0 Å². The Labute approximate surface area is 143 Å². The van der Waals surface area contributed by atoms with Gasteiger partial charge in [-0.2, -0.15) is 0 Å². The highest BCUT2D eigenvalue weighted by Crippen LogP contribution is 2.31. The third-order valence-electron chi connectivity index (χ3n) is 3.79. The summed E-state index contributed by atoms with van der Waals surface area (Å²) in [5.74, 6) is 0. The van der Waals surface area contributed by atoms with Gasteiger partial charge in [-0.25, -0.2) is 4.79 Å². The molecule has 1 amide bonds. The first-order chi connectivity index (χ1) is 11.1. The molecule has 24 heavy (non-hydrogen) atoms. The molecule has 0 unspecified atom stereocenters. The third-order valence-corrected chi connectivity index (χ3v) is 3.79. The van der Waals surface area contributed by atoms with Gasteiger partial charge in [-0.05, 0) is 40.2 Å². The molecule has 1 fully saturated rings. The summed E-state index contributed by atoms with van der Waals surface area (Å²) in [6.45, 7) is 9.29. The summed E-state index contributed by atoms with van der Waals surface area (Å²) in [6.07, 6.45) is 2.19. The lowest BCUT2D eigenvalue weighted by Crippen LogP contribution is -2.53. The number of hydrogen-bond donors (Lipinski definition) is 1. The van der Waals surface area contributed by atoms with Crippen LogP contribution in [0.4, 0.5) is 4.79 Å². The van der Waals surface area contributed by atoms with Gasteiger partial charge in [0.05, 0.1) is 18.8 Å². The van der Waals surface area contributed by atoms with Crippen LogP contribution in [0.25, 0.3) is 6.08 Å². The van der Waals surface area contributed by atoms with Crippen molar-refractivity contribution < 1.29 is 19.4 Å². The molecule has 2 atom stereocenters. The van der Waals surface area contributed by atoms with Gasteiger partial charge in [0, 0.05) is 0 Å². The highest BCUT2D eigenvalue weighted by molar-refractivity contribution is 5.70. The summed E-state index contributed by atoms with van der Waals surface area (Å²) in [4.78, 5) is 14.0. The highest BCUT2D eigenvalue weighted by atomic mass is 16.6. The number of nitrogens with zero attached hydrogens (tertiary/aromatic N) is 1. The molecule has 2 rings (SSSR count). The zero-order valence-electron chi connectivity index (χ0n) is 15.0. The fraction of sp³-hybridized carbons (Fsp3) is 0.526. The summed E-state index contributed by atoms with van der Waals surface area (Å²) in [6, 6.07) is 9.20. The van der Waals surface area contributed by atoms with E-state index in [9.17, 15) is 9.90 Å². The molecule has 1 aromatic carbocycles. The lowest BCUT2D eigenvalue weighted by molar-refractivity contribution is -0.0660. The minimum absolute atomic E-state index is 0.256. The number of aliphatic hydroxyl groups excluding tert-OH is 1. The summed E-state index contributed by atoms with van der Waals surface area (Å²) in [5.41, 5.74) is -0.446. The first-order valence-corrected chi connectivity index (χ1v) is 8.18. The molecule has 1 aromatic rings. The van der Waals surface area contributed by atoms with E-state index in [1.807, 2.05) is 57.2 Å². The van der Waals surface area contributed by atoms with Crippen LogP contribution in [0.2, 0.25) is 0 Å². The van der Waals surface area contributed by atoms with Gasteiger partial charge in [0.2, 0.25) is 0 Å². The monoisotopic (exact) mass is 333 g/mol. The molecule has 0 aromatic heterocycles. The van der Waals surface area contributed by atoms with Crippen molar-refractivity contribution in [3.8, 4) is 0 Å². The van der Waals surface area contributed by atoms with Gasteiger partial charge in [0.1, 0.15) is 11.3 Å². The van der Waals surface area contributed by atoms with E-state index in [1.165, 1.54) is 4.90 Å². The Balaban J connectivity index is 2.15. The van der Waals surface area contributed by atoms with Crippen LogP contribution < -0.4 is 0 Å². The molecule has 0 aliphatic carbocycles. The maximum Gasteiger partial charge on any atom is 0.413 e. The smallest absolute Gasteiger partial charge is 0.413 e. The predicted octanol–water partition coefficient (Wildman–Crippen LogP) is 3.43. The molecule has 5 heteroatoms. The Hall–Kier alpha value is -1.85. The molecule has 1 saturated heterocycles. The second-order valence-electron chi connectivity index (χ2n) is 7.44. The van der Waals surface area contributed by atoms with E-state index < -0.39 is 29.6 Å². The van der Waals surface area contributed by atoms with Crippen LogP contribution in [-0.2, 0) is 9.47 Å². The van der Waals surface area contributed by atoms with Gasteiger partial charge in [0.15, 0.2) is 0 Å². The Bertz CT molecular complexity index is 589. The maximum absolute atomic E-state index is 12.6. The maximum atomic E-state index is 12.6. The normalized spacial score (nSPS) is 21.9. The second-order valence-corrected chi connectivity index (χ2v) is 7.44. The molecule has 1 aliphatic heterocycles. The summed E-state index contributed by atoms with van der Waals surface area (Å²) in [5, 5.41) is 10.5. The zero-order valence-corrected chi connectivity index (χ0v) is 15.0. The molecule has 0 bridgehead atoms. The summed E-state index contributed by atoms with van der Waals surface area (Å²) in [7, 11) is 0. The summed E-state index contributed by atoms with van der Waals surface area (Å²) < 4.78 is 11.2. The molecule has 5 nitrogen and oxygen atoms in total. The summed E-state index contributed by atoms with van der Waals surface area (Å²) >= 11 is 0. The lowest BCUT2D eigenvalue weighted by Gasteiger charge is -2.36. The third kappa shape index (κ3) is 4.58. The predicted molar refractivity (Wildman–Crippen MR) is 93.4 cm³/mol. The van der Waals surface area contributed by atoms with E-state index in [0.717, 1.165) is 5.56 Å². The van der Waals surface area contributed by atoms with Crippen LogP contribution in [0.5, 0.6) is 0 Å². The zero-order chi connectivity index (χ0) is 18.0. The van der Waals surface area contributed by atoms with E-state index in [2.05, 4.69) is 0 Å². The fourth-order valence-corrected chi connectivity index (χ4v) is 2.65.